The van der Waals surface area contributed by atoms with Crippen molar-refractivity contribution in [3.05, 3.63) is 22.7 Å². The van der Waals surface area contributed by atoms with Crippen LogP contribution in [0, 0.1) is 0 Å². The summed E-state index contributed by atoms with van der Waals surface area (Å²) in [7, 11) is 0. The van der Waals surface area contributed by atoms with Crippen molar-refractivity contribution in [2.75, 3.05) is 6.54 Å². The molecule has 9 heteroatoms. The fraction of sp³-hybridized carbons (Fsp3) is 0.364. The number of halogens is 5. The van der Waals surface area contributed by atoms with Crippen molar-refractivity contribution in [2.24, 2.45) is 5.73 Å². The molecular weight excluding hydrogens is 306 g/mol. The molecule has 2 rings (SSSR count). The number of Topliss-reactive ketones (excluding diaryl/α,β-unsaturated/α-hetero) is 1. The second-order valence-corrected chi connectivity index (χ2v) is 4.39. The maximum absolute atomic E-state index is 13.0. The van der Waals surface area contributed by atoms with Gasteiger partial charge < -0.3 is 15.2 Å². The molecule has 0 amide bonds. The third kappa shape index (κ3) is 2.40. The Kier molecular flexibility index (Phi) is 3.55. The number of carbonyl (C=O) groups excluding carboxylic acids is 1. The van der Waals surface area contributed by atoms with Crippen LogP contribution in [0.25, 0.3) is 0 Å². The molecule has 1 aliphatic rings. The minimum Gasteiger partial charge on any atom is -0.421 e. The molecule has 1 aliphatic heterocycles. The molecule has 110 valence electrons. The van der Waals surface area contributed by atoms with Gasteiger partial charge in [-0.25, -0.2) is 0 Å². The number of hydrogen-bond acceptors (Lipinski definition) is 4. The molecule has 0 fully saturated rings. The average Bonchev–Trinajstić information content (AvgIpc) is 2.30. The smallest absolute Gasteiger partial charge is 0.421 e. The van der Waals surface area contributed by atoms with Crippen molar-refractivity contribution in [2.45, 2.75) is 18.6 Å². The van der Waals surface area contributed by atoms with Gasteiger partial charge in [0.1, 0.15) is 0 Å². The summed E-state index contributed by atoms with van der Waals surface area (Å²) >= 11 is 5.73. The number of benzene rings is 1. The van der Waals surface area contributed by atoms with Crippen LogP contribution in [-0.4, -0.2) is 24.5 Å². The highest BCUT2D eigenvalue weighted by atomic mass is 35.5. The Morgan fingerprint density at radius 1 is 1.15 bits per heavy atom. The average molecular weight is 314 g/mol. The van der Waals surface area contributed by atoms with Gasteiger partial charge in [-0.1, -0.05) is 11.6 Å². The molecule has 0 aromatic heterocycles. The lowest BCUT2D eigenvalue weighted by Gasteiger charge is -2.32. The molecular formula is C11H8ClF4NO3. The van der Waals surface area contributed by atoms with Gasteiger partial charge in [0.2, 0.25) is 0 Å². The highest BCUT2D eigenvalue weighted by Crippen LogP contribution is 2.48. The first-order valence-electron chi connectivity index (χ1n) is 5.38. The van der Waals surface area contributed by atoms with E-state index in [1.165, 1.54) is 0 Å². The van der Waals surface area contributed by atoms with Crippen molar-refractivity contribution >= 4 is 17.4 Å². The first-order valence-corrected chi connectivity index (χ1v) is 5.76. The largest absolute Gasteiger partial charge is 0.507 e. The summed E-state index contributed by atoms with van der Waals surface area (Å²) in [5.41, 5.74) is 5.04. The molecule has 0 atom stereocenters. The molecule has 0 bridgehead atoms. The standard InChI is InChI=1S/C11H8ClF4NO3/c12-6-4-9-8(3-5(6)7(18)1-2-17)19-10(13,14)11(15,16)20-9/h3-4H,1-2,17H2. The molecule has 0 unspecified atom stereocenters. The van der Waals surface area contributed by atoms with Crippen molar-refractivity contribution in [1.29, 1.82) is 0 Å². The van der Waals surface area contributed by atoms with E-state index < -0.39 is 29.5 Å². The normalized spacial score (nSPS) is 18.7. The lowest BCUT2D eigenvalue weighted by molar-refractivity contribution is -0.391. The van der Waals surface area contributed by atoms with Gasteiger partial charge >= 0.3 is 12.2 Å². The van der Waals surface area contributed by atoms with Gasteiger partial charge in [-0.05, 0) is 12.6 Å². The zero-order chi connectivity index (χ0) is 15.1. The predicted octanol–water partition coefficient (Wildman–Crippen LogP) is 2.83. The van der Waals surface area contributed by atoms with E-state index in [4.69, 9.17) is 17.3 Å². The van der Waals surface area contributed by atoms with E-state index in [9.17, 15) is 22.4 Å². The van der Waals surface area contributed by atoms with Crippen molar-refractivity contribution in [3.63, 3.8) is 0 Å². The van der Waals surface area contributed by atoms with Crippen molar-refractivity contribution < 1.29 is 31.8 Å². The number of ether oxygens (including phenoxy) is 2. The van der Waals surface area contributed by atoms with Gasteiger partial charge in [0.05, 0.1) is 5.02 Å². The number of carbonyl (C=O) groups is 1. The Balaban J connectivity index is 2.45. The quantitative estimate of drug-likeness (QED) is 0.688. The van der Waals surface area contributed by atoms with E-state index in [2.05, 4.69) is 9.47 Å². The summed E-state index contributed by atoms with van der Waals surface area (Å²) in [6.45, 7) is 0.0256. The number of fused-ring (bicyclic) bond motifs is 1. The topological polar surface area (TPSA) is 61.6 Å². The molecule has 0 saturated carbocycles. The Morgan fingerprint density at radius 2 is 1.65 bits per heavy atom. The summed E-state index contributed by atoms with van der Waals surface area (Å²) in [5.74, 6) is -1.88. The molecule has 1 aromatic carbocycles. The van der Waals surface area contributed by atoms with E-state index in [1.54, 1.807) is 0 Å². The molecule has 20 heavy (non-hydrogen) atoms. The number of ketones is 1. The van der Waals surface area contributed by atoms with Crippen LogP contribution in [0.4, 0.5) is 17.6 Å². The Hall–Kier alpha value is -1.54. The van der Waals surface area contributed by atoms with Crippen molar-refractivity contribution in [3.8, 4) is 11.5 Å². The monoisotopic (exact) mass is 313 g/mol. The van der Waals surface area contributed by atoms with Crippen LogP contribution < -0.4 is 15.2 Å². The van der Waals surface area contributed by atoms with Crippen LogP contribution in [0.3, 0.4) is 0 Å². The molecule has 1 aromatic rings. The second kappa shape index (κ2) is 4.78. The first kappa shape index (κ1) is 14.9. The van der Waals surface area contributed by atoms with Gasteiger partial charge in [-0.2, -0.15) is 17.6 Å². The third-order valence-electron chi connectivity index (χ3n) is 2.52. The Bertz CT molecular complexity index is 565. The van der Waals surface area contributed by atoms with Crippen LogP contribution in [0.1, 0.15) is 16.8 Å². The van der Waals surface area contributed by atoms with Gasteiger partial charge in [0.25, 0.3) is 0 Å². The lowest BCUT2D eigenvalue weighted by Crippen LogP contribution is -2.52. The predicted molar refractivity (Wildman–Crippen MR) is 60.6 cm³/mol. The third-order valence-corrected chi connectivity index (χ3v) is 2.83. The fourth-order valence-electron chi connectivity index (χ4n) is 1.57. The summed E-state index contributed by atoms with van der Waals surface area (Å²) in [4.78, 5) is 11.6. The van der Waals surface area contributed by atoms with E-state index in [1.807, 2.05) is 0 Å². The van der Waals surface area contributed by atoms with Gasteiger partial charge in [-0.3, -0.25) is 4.79 Å². The highest BCUT2D eigenvalue weighted by Gasteiger charge is 2.66. The summed E-state index contributed by atoms with van der Waals surface area (Å²) in [6.07, 6.45) is -9.75. The van der Waals surface area contributed by atoms with E-state index in [0.29, 0.717) is 0 Å². The zero-order valence-corrected chi connectivity index (χ0v) is 10.5. The highest BCUT2D eigenvalue weighted by molar-refractivity contribution is 6.34. The minimum absolute atomic E-state index is 0.0256. The van der Waals surface area contributed by atoms with Crippen molar-refractivity contribution in [1.82, 2.24) is 0 Å². The second-order valence-electron chi connectivity index (χ2n) is 3.98. The Morgan fingerprint density at radius 3 is 2.15 bits per heavy atom. The van der Waals surface area contributed by atoms with Crippen LogP contribution in [-0.2, 0) is 0 Å². The molecule has 0 saturated heterocycles. The summed E-state index contributed by atoms with van der Waals surface area (Å²) in [6, 6.07) is 1.66. The number of hydrogen-bond donors (Lipinski definition) is 1. The maximum atomic E-state index is 13.0. The molecule has 0 aliphatic carbocycles. The van der Waals surface area contributed by atoms with Crippen LogP contribution >= 0.6 is 11.6 Å². The SMILES string of the molecule is NCCC(=O)c1cc2c(cc1Cl)OC(F)(F)C(F)(F)O2. The van der Waals surface area contributed by atoms with Gasteiger partial charge in [0, 0.05) is 18.1 Å². The maximum Gasteiger partial charge on any atom is 0.507 e. The number of nitrogens with two attached hydrogens (primary N) is 1. The summed E-state index contributed by atoms with van der Waals surface area (Å²) in [5, 5.41) is -0.216. The van der Waals surface area contributed by atoms with Gasteiger partial charge in [0.15, 0.2) is 17.3 Å². The summed E-state index contributed by atoms with van der Waals surface area (Å²) < 4.78 is 59.7. The minimum atomic E-state index is -4.85. The molecule has 4 nitrogen and oxygen atoms in total. The molecule has 0 spiro atoms. The van der Waals surface area contributed by atoms with Crippen LogP contribution in [0.5, 0.6) is 11.5 Å². The first-order chi connectivity index (χ1) is 9.18. The molecule has 1 heterocycles. The number of rotatable bonds is 3. The van der Waals surface area contributed by atoms with E-state index >= 15 is 0 Å². The zero-order valence-electron chi connectivity index (χ0n) is 9.76. The Labute approximate surface area is 115 Å². The molecule has 0 radical (unpaired) electrons. The lowest BCUT2D eigenvalue weighted by atomic mass is 10.1. The van der Waals surface area contributed by atoms with E-state index in [-0.39, 0.29) is 23.6 Å². The number of alkyl halides is 4. The van der Waals surface area contributed by atoms with Crippen LogP contribution in [0.2, 0.25) is 5.02 Å². The molecule has 2 N–H and O–H groups in total. The van der Waals surface area contributed by atoms with Crippen LogP contribution in [0.15, 0.2) is 12.1 Å². The van der Waals surface area contributed by atoms with E-state index in [0.717, 1.165) is 12.1 Å². The van der Waals surface area contributed by atoms with Gasteiger partial charge in [-0.15, -0.1) is 0 Å². The fourth-order valence-corrected chi connectivity index (χ4v) is 1.83.